The maximum Gasteiger partial charge on any atom is 0.338 e. The molecule has 1 aliphatic rings. The molecule has 3 amide bonds. The Morgan fingerprint density at radius 2 is 1.49 bits per heavy atom. The van der Waals surface area contributed by atoms with E-state index in [0.717, 1.165) is 4.90 Å². The van der Waals surface area contributed by atoms with Crippen LogP contribution in [0.2, 0.25) is 0 Å². The van der Waals surface area contributed by atoms with Crippen molar-refractivity contribution in [3.8, 4) is 11.5 Å². The van der Waals surface area contributed by atoms with Crippen molar-refractivity contribution in [2.45, 2.75) is 13.0 Å². The number of nitrogens with one attached hydrogen (secondary N) is 1. The predicted octanol–water partition coefficient (Wildman–Crippen LogP) is 3.69. The Kier molecular flexibility index (Phi) is 6.50. The topological polar surface area (TPSA) is 111 Å². The Morgan fingerprint density at radius 3 is 2.11 bits per heavy atom. The SMILES string of the molecule is COc1ccc(NC(=O)C(C)OC(=O)c2cccc(N3C(=O)c4ccccc4C3=O)c2)cc1OC. The molecule has 1 aliphatic heterocycles. The van der Waals surface area contributed by atoms with Crippen LogP contribution in [-0.4, -0.2) is 44.0 Å². The van der Waals surface area contributed by atoms with Crippen molar-refractivity contribution >= 4 is 35.1 Å². The fourth-order valence-corrected chi connectivity index (χ4v) is 3.64. The zero-order valence-corrected chi connectivity index (χ0v) is 19.2. The number of nitrogens with zero attached hydrogens (tertiary/aromatic N) is 1. The van der Waals surface area contributed by atoms with E-state index in [0.29, 0.717) is 28.3 Å². The molecule has 0 spiro atoms. The summed E-state index contributed by atoms with van der Waals surface area (Å²) in [6.45, 7) is 1.43. The lowest BCUT2D eigenvalue weighted by Crippen LogP contribution is -2.31. The molecule has 1 unspecified atom stereocenters. The Morgan fingerprint density at radius 1 is 0.829 bits per heavy atom. The molecule has 1 heterocycles. The van der Waals surface area contributed by atoms with E-state index in [4.69, 9.17) is 14.2 Å². The number of amides is 3. The van der Waals surface area contributed by atoms with E-state index >= 15 is 0 Å². The van der Waals surface area contributed by atoms with Crippen molar-refractivity contribution in [3.05, 3.63) is 83.4 Å². The zero-order chi connectivity index (χ0) is 25.1. The number of imide groups is 1. The Labute approximate surface area is 201 Å². The standard InChI is InChI=1S/C26H22N2O7/c1-15(23(29)27-17-11-12-21(33-2)22(14-17)34-3)35-26(32)16-7-6-8-18(13-16)28-24(30)19-9-4-5-10-20(19)25(28)31/h4-15H,1-3H3,(H,27,29). The van der Waals surface area contributed by atoms with Gasteiger partial charge in [-0.25, -0.2) is 9.69 Å². The van der Waals surface area contributed by atoms with Crippen LogP contribution in [0.5, 0.6) is 11.5 Å². The average Bonchev–Trinajstić information content (AvgIpc) is 3.13. The van der Waals surface area contributed by atoms with Crippen LogP contribution in [0.25, 0.3) is 0 Å². The molecule has 0 fully saturated rings. The number of benzene rings is 3. The molecule has 0 aromatic heterocycles. The van der Waals surface area contributed by atoms with Crippen LogP contribution in [0, 0.1) is 0 Å². The first-order valence-electron chi connectivity index (χ1n) is 10.7. The molecular weight excluding hydrogens is 452 g/mol. The molecule has 9 nitrogen and oxygen atoms in total. The molecule has 3 aromatic carbocycles. The van der Waals surface area contributed by atoms with Gasteiger partial charge in [0.2, 0.25) is 0 Å². The summed E-state index contributed by atoms with van der Waals surface area (Å²) in [4.78, 5) is 51.8. The number of carbonyl (C=O) groups is 4. The minimum Gasteiger partial charge on any atom is -0.493 e. The third-order valence-electron chi connectivity index (χ3n) is 5.44. The summed E-state index contributed by atoms with van der Waals surface area (Å²) in [6.07, 6.45) is -1.13. The minimum absolute atomic E-state index is 0.0878. The number of anilines is 2. The molecule has 0 saturated carbocycles. The van der Waals surface area contributed by atoms with E-state index in [1.165, 1.54) is 39.3 Å². The van der Waals surface area contributed by atoms with Gasteiger partial charge in [-0.15, -0.1) is 0 Å². The molecule has 3 aromatic rings. The number of methoxy groups -OCH3 is 2. The maximum atomic E-state index is 12.7. The van der Waals surface area contributed by atoms with Crippen LogP contribution < -0.4 is 19.7 Å². The van der Waals surface area contributed by atoms with E-state index in [1.54, 1.807) is 48.5 Å². The van der Waals surface area contributed by atoms with Crippen molar-refractivity contribution < 1.29 is 33.4 Å². The van der Waals surface area contributed by atoms with E-state index < -0.39 is 29.8 Å². The van der Waals surface area contributed by atoms with Gasteiger partial charge in [-0.2, -0.15) is 0 Å². The highest BCUT2D eigenvalue weighted by molar-refractivity contribution is 6.34. The minimum atomic E-state index is -1.13. The van der Waals surface area contributed by atoms with Crippen LogP contribution in [0.4, 0.5) is 11.4 Å². The van der Waals surface area contributed by atoms with Gasteiger partial charge >= 0.3 is 5.97 Å². The number of carbonyl (C=O) groups excluding carboxylic acids is 4. The first kappa shape index (κ1) is 23.5. The lowest BCUT2D eigenvalue weighted by atomic mass is 10.1. The fourth-order valence-electron chi connectivity index (χ4n) is 3.64. The first-order chi connectivity index (χ1) is 16.8. The second kappa shape index (κ2) is 9.68. The van der Waals surface area contributed by atoms with Gasteiger partial charge in [0.15, 0.2) is 17.6 Å². The van der Waals surface area contributed by atoms with Crippen molar-refractivity contribution in [1.82, 2.24) is 0 Å². The molecule has 35 heavy (non-hydrogen) atoms. The molecule has 0 bridgehead atoms. The number of fused-ring (bicyclic) bond motifs is 1. The van der Waals surface area contributed by atoms with E-state index in [1.807, 2.05) is 0 Å². The molecule has 9 heteroatoms. The molecule has 0 radical (unpaired) electrons. The lowest BCUT2D eigenvalue weighted by Gasteiger charge is -2.17. The average molecular weight is 474 g/mol. The summed E-state index contributed by atoms with van der Waals surface area (Å²) >= 11 is 0. The number of hydrogen-bond acceptors (Lipinski definition) is 7. The third-order valence-corrected chi connectivity index (χ3v) is 5.44. The summed E-state index contributed by atoms with van der Waals surface area (Å²) in [7, 11) is 2.98. The Hall–Kier alpha value is -4.66. The predicted molar refractivity (Wildman–Crippen MR) is 127 cm³/mol. The fraction of sp³-hybridized carbons (Fsp3) is 0.154. The summed E-state index contributed by atoms with van der Waals surface area (Å²) < 4.78 is 15.7. The van der Waals surface area contributed by atoms with Crippen LogP contribution >= 0.6 is 0 Å². The molecule has 178 valence electrons. The monoisotopic (exact) mass is 474 g/mol. The second-order valence-corrected chi connectivity index (χ2v) is 7.65. The van der Waals surface area contributed by atoms with E-state index in [2.05, 4.69) is 5.32 Å². The smallest absolute Gasteiger partial charge is 0.338 e. The van der Waals surface area contributed by atoms with Crippen molar-refractivity contribution in [1.29, 1.82) is 0 Å². The first-order valence-corrected chi connectivity index (χ1v) is 10.7. The molecule has 0 saturated heterocycles. The van der Waals surface area contributed by atoms with E-state index in [-0.39, 0.29) is 11.3 Å². The zero-order valence-electron chi connectivity index (χ0n) is 19.2. The third kappa shape index (κ3) is 4.56. The number of hydrogen-bond donors (Lipinski definition) is 1. The largest absolute Gasteiger partial charge is 0.493 e. The van der Waals surface area contributed by atoms with E-state index in [9.17, 15) is 19.2 Å². The highest BCUT2D eigenvalue weighted by Crippen LogP contribution is 2.30. The summed E-state index contributed by atoms with van der Waals surface area (Å²) in [6, 6.07) is 17.3. The van der Waals surface area contributed by atoms with Crippen LogP contribution in [-0.2, 0) is 9.53 Å². The van der Waals surface area contributed by atoms with Crippen molar-refractivity contribution in [2.75, 3.05) is 24.4 Å². The highest BCUT2D eigenvalue weighted by Gasteiger charge is 2.36. The molecule has 1 N–H and O–H groups in total. The Bertz CT molecular complexity index is 1300. The van der Waals surface area contributed by atoms with Gasteiger partial charge < -0.3 is 19.5 Å². The number of esters is 1. The normalized spacial score (nSPS) is 13.2. The quantitative estimate of drug-likeness (QED) is 0.411. The van der Waals surface area contributed by atoms with Crippen LogP contribution in [0.15, 0.2) is 66.7 Å². The Balaban J connectivity index is 1.45. The summed E-state index contributed by atoms with van der Waals surface area (Å²) in [5.74, 6) is -1.35. The van der Waals surface area contributed by atoms with Gasteiger partial charge in [0, 0.05) is 11.8 Å². The van der Waals surface area contributed by atoms with Gasteiger partial charge in [0.05, 0.1) is 36.6 Å². The van der Waals surface area contributed by atoms with Gasteiger partial charge in [-0.1, -0.05) is 18.2 Å². The van der Waals surface area contributed by atoms with Gasteiger partial charge in [0.25, 0.3) is 17.7 Å². The second-order valence-electron chi connectivity index (χ2n) is 7.65. The highest BCUT2D eigenvalue weighted by atomic mass is 16.5. The van der Waals surface area contributed by atoms with Crippen molar-refractivity contribution in [2.24, 2.45) is 0 Å². The summed E-state index contributed by atoms with van der Waals surface area (Å²) in [5.41, 5.74) is 1.35. The molecule has 1 atom stereocenters. The summed E-state index contributed by atoms with van der Waals surface area (Å²) in [5, 5.41) is 2.65. The molecular formula is C26H22N2O7. The number of rotatable bonds is 7. The van der Waals surface area contributed by atoms with Crippen molar-refractivity contribution in [3.63, 3.8) is 0 Å². The van der Waals surface area contributed by atoms with Gasteiger partial charge in [0.1, 0.15) is 0 Å². The van der Waals surface area contributed by atoms with Gasteiger partial charge in [-0.3, -0.25) is 14.4 Å². The molecule has 4 rings (SSSR count). The van der Waals surface area contributed by atoms with Gasteiger partial charge in [-0.05, 0) is 49.4 Å². The molecule has 0 aliphatic carbocycles. The van der Waals surface area contributed by atoms with Crippen LogP contribution in [0.1, 0.15) is 38.0 Å². The lowest BCUT2D eigenvalue weighted by molar-refractivity contribution is -0.123. The maximum absolute atomic E-state index is 12.7. The number of ether oxygens (including phenoxy) is 3. The van der Waals surface area contributed by atoms with Crippen LogP contribution in [0.3, 0.4) is 0 Å².